The van der Waals surface area contributed by atoms with Crippen LogP contribution >= 0.6 is 0 Å². The number of anilines is 1. The van der Waals surface area contributed by atoms with E-state index in [1.165, 1.54) is 19.3 Å². The molecule has 1 aromatic carbocycles. The fourth-order valence-electron chi connectivity index (χ4n) is 3.66. The van der Waals surface area contributed by atoms with Crippen LogP contribution in [0.2, 0.25) is 0 Å². The first-order chi connectivity index (χ1) is 13.0. The molecule has 2 rings (SSSR count). The van der Waals surface area contributed by atoms with E-state index in [1.54, 1.807) is 19.2 Å². The van der Waals surface area contributed by atoms with Gasteiger partial charge in [0.05, 0.1) is 25.9 Å². The van der Waals surface area contributed by atoms with Gasteiger partial charge < -0.3 is 15.4 Å². The van der Waals surface area contributed by atoms with Crippen LogP contribution in [0.5, 0.6) is 5.75 Å². The van der Waals surface area contributed by atoms with Crippen molar-refractivity contribution >= 4 is 17.5 Å². The van der Waals surface area contributed by atoms with Crippen LogP contribution in [-0.2, 0) is 9.59 Å². The van der Waals surface area contributed by atoms with Crippen LogP contribution < -0.4 is 15.4 Å². The summed E-state index contributed by atoms with van der Waals surface area (Å²) in [5.41, 5.74) is 0.641. The number of carbonyl (C=O) groups is 2. The highest BCUT2D eigenvalue weighted by molar-refractivity contribution is 5.94. The van der Waals surface area contributed by atoms with Gasteiger partial charge >= 0.3 is 0 Å². The third-order valence-electron chi connectivity index (χ3n) is 5.11. The minimum atomic E-state index is -0.146. The molecular formula is C21H33N3O3. The number of carbonyl (C=O) groups excluding carboxylic acids is 2. The number of nitrogens with zero attached hydrogens (tertiary/aromatic N) is 1. The predicted molar refractivity (Wildman–Crippen MR) is 108 cm³/mol. The lowest BCUT2D eigenvalue weighted by Crippen LogP contribution is -2.47. The lowest BCUT2D eigenvalue weighted by atomic mass is 9.86. The molecule has 1 aliphatic rings. The first-order valence-corrected chi connectivity index (χ1v) is 9.98. The monoisotopic (exact) mass is 375 g/mol. The summed E-state index contributed by atoms with van der Waals surface area (Å²) in [6, 6.07) is 7.57. The molecule has 0 saturated heterocycles. The second-order valence-corrected chi connectivity index (χ2v) is 7.39. The summed E-state index contributed by atoms with van der Waals surface area (Å²) in [4.78, 5) is 26.8. The topological polar surface area (TPSA) is 70.7 Å². The number of amides is 2. The average Bonchev–Trinajstić information content (AvgIpc) is 2.64. The number of methoxy groups -OCH3 is 1. The van der Waals surface area contributed by atoms with E-state index in [-0.39, 0.29) is 30.9 Å². The molecule has 0 bridgehead atoms. The van der Waals surface area contributed by atoms with Crippen LogP contribution in [0.4, 0.5) is 5.69 Å². The molecule has 2 N–H and O–H groups in total. The molecule has 0 heterocycles. The third kappa shape index (κ3) is 6.86. The van der Waals surface area contributed by atoms with Crippen molar-refractivity contribution in [2.75, 3.05) is 32.1 Å². The summed E-state index contributed by atoms with van der Waals surface area (Å²) in [6.07, 6.45) is 5.53. The Kier molecular flexibility index (Phi) is 8.58. The molecule has 1 fully saturated rings. The van der Waals surface area contributed by atoms with Gasteiger partial charge in [0, 0.05) is 6.04 Å². The van der Waals surface area contributed by atoms with Crippen molar-refractivity contribution in [1.29, 1.82) is 0 Å². The fraction of sp³-hybridized carbons (Fsp3) is 0.619. The maximum Gasteiger partial charge on any atom is 0.238 e. The van der Waals surface area contributed by atoms with E-state index in [0.29, 0.717) is 23.9 Å². The Balaban J connectivity index is 1.88. The lowest BCUT2D eigenvalue weighted by Gasteiger charge is -2.30. The normalized spacial score (nSPS) is 19.6. The Morgan fingerprint density at radius 3 is 2.56 bits per heavy atom. The summed E-state index contributed by atoms with van der Waals surface area (Å²) in [5, 5.41) is 6.04. The number of hydrogen-bond donors (Lipinski definition) is 2. The van der Waals surface area contributed by atoms with Crippen molar-refractivity contribution < 1.29 is 14.3 Å². The number of hydrogen-bond acceptors (Lipinski definition) is 4. The first-order valence-electron chi connectivity index (χ1n) is 9.98. The summed E-state index contributed by atoms with van der Waals surface area (Å²) < 4.78 is 5.27. The van der Waals surface area contributed by atoms with Crippen molar-refractivity contribution in [3.63, 3.8) is 0 Å². The molecule has 6 nitrogen and oxygen atoms in total. The van der Waals surface area contributed by atoms with E-state index >= 15 is 0 Å². The minimum absolute atomic E-state index is 0.00675. The van der Waals surface area contributed by atoms with Crippen LogP contribution in [0.1, 0.15) is 46.0 Å². The highest BCUT2D eigenvalue weighted by Crippen LogP contribution is 2.24. The van der Waals surface area contributed by atoms with Gasteiger partial charge in [0.15, 0.2) is 0 Å². The Bertz CT molecular complexity index is 620. The Morgan fingerprint density at radius 2 is 1.85 bits per heavy atom. The van der Waals surface area contributed by atoms with E-state index in [2.05, 4.69) is 17.6 Å². The zero-order valence-corrected chi connectivity index (χ0v) is 16.8. The number of para-hydroxylation sites is 2. The standard InChI is InChI=1S/C21H33N3O3/c1-4-13-24(14-20(25)22-17-10-6-5-9-16(17)2)15-21(26)23-18-11-7-8-12-19(18)27-3/h7-8,11-12,16-17H,4-6,9-10,13-15H2,1-3H3,(H,22,25)(H,23,26). The van der Waals surface area contributed by atoms with Gasteiger partial charge in [-0.25, -0.2) is 0 Å². The molecule has 0 spiro atoms. The molecule has 2 atom stereocenters. The largest absolute Gasteiger partial charge is 0.495 e. The second kappa shape index (κ2) is 10.9. The van der Waals surface area contributed by atoms with Crippen molar-refractivity contribution in [1.82, 2.24) is 10.2 Å². The minimum Gasteiger partial charge on any atom is -0.495 e. The first kappa shape index (κ1) is 21.2. The van der Waals surface area contributed by atoms with Gasteiger partial charge in [-0.15, -0.1) is 0 Å². The molecule has 0 aliphatic heterocycles. The van der Waals surface area contributed by atoms with Crippen LogP contribution in [-0.4, -0.2) is 49.5 Å². The van der Waals surface area contributed by atoms with E-state index in [9.17, 15) is 9.59 Å². The predicted octanol–water partition coefficient (Wildman–Crippen LogP) is 3.04. The Labute approximate surface area is 162 Å². The molecule has 27 heavy (non-hydrogen) atoms. The average molecular weight is 376 g/mol. The molecule has 6 heteroatoms. The quantitative estimate of drug-likeness (QED) is 0.696. The fourth-order valence-corrected chi connectivity index (χ4v) is 3.66. The zero-order chi connectivity index (χ0) is 19.6. The van der Waals surface area contributed by atoms with Crippen molar-refractivity contribution in [3.05, 3.63) is 24.3 Å². The summed E-state index contributed by atoms with van der Waals surface area (Å²) in [5.74, 6) is 1.01. The maximum absolute atomic E-state index is 12.5. The van der Waals surface area contributed by atoms with Crippen molar-refractivity contribution in [3.8, 4) is 5.75 Å². The van der Waals surface area contributed by atoms with Crippen molar-refractivity contribution in [2.45, 2.75) is 52.0 Å². The Morgan fingerprint density at radius 1 is 1.15 bits per heavy atom. The summed E-state index contributed by atoms with van der Waals surface area (Å²) >= 11 is 0. The number of rotatable bonds is 9. The lowest BCUT2D eigenvalue weighted by molar-refractivity contribution is -0.124. The molecule has 0 aromatic heterocycles. The molecule has 1 aliphatic carbocycles. The van der Waals surface area contributed by atoms with Gasteiger partial charge in [0.1, 0.15) is 5.75 Å². The number of nitrogens with one attached hydrogen (secondary N) is 2. The van der Waals surface area contributed by atoms with E-state index in [1.807, 2.05) is 24.0 Å². The van der Waals surface area contributed by atoms with E-state index in [4.69, 9.17) is 4.74 Å². The smallest absolute Gasteiger partial charge is 0.238 e. The summed E-state index contributed by atoms with van der Waals surface area (Å²) in [7, 11) is 1.57. The maximum atomic E-state index is 12.5. The van der Waals surface area contributed by atoms with Gasteiger partial charge in [0.2, 0.25) is 11.8 Å². The molecule has 1 aromatic rings. The van der Waals surface area contributed by atoms with Crippen LogP contribution in [0.15, 0.2) is 24.3 Å². The molecule has 1 saturated carbocycles. The van der Waals surface area contributed by atoms with Crippen LogP contribution in [0.25, 0.3) is 0 Å². The van der Waals surface area contributed by atoms with Crippen molar-refractivity contribution in [2.24, 2.45) is 5.92 Å². The molecule has 0 radical (unpaired) electrons. The Hall–Kier alpha value is -2.08. The SMILES string of the molecule is CCCN(CC(=O)Nc1ccccc1OC)CC(=O)NC1CCCCC1C. The van der Waals surface area contributed by atoms with E-state index in [0.717, 1.165) is 12.8 Å². The highest BCUT2D eigenvalue weighted by atomic mass is 16.5. The summed E-state index contributed by atoms with van der Waals surface area (Å²) in [6.45, 7) is 5.38. The van der Waals surface area contributed by atoms with E-state index < -0.39 is 0 Å². The zero-order valence-electron chi connectivity index (χ0n) is 16.8. The third-order valence-corrected chi connectivity index (χ3v) is 5.11. The van der Waals surface area contributed by atoms with Gasteiger partial charge in [-0.05, 0) is 43.9 Å². The molecular weight excluding hydrogens is 342 g/mol. The second-order valence-electron chi connectivity index (χ2n) is 7.39. The molecule has 2 unspecified atom stereocenters. The highest BCUT2D eigenvalue weighted by Gasteiger charge is 2.24. The molecule has 2 amide bonds. The van der Waals surface area contributed by atoms with Gasteiger partial charge in [-0.3, -0.25) is 14.5 Å². The van der Waals surface area contributed by atoms with Gasteiger partial charge in [-0.1, -0.05) is 38.8 Å². The number of ether oxygens (including phenoxy) is 1. The van der Waals surface area contributed by atoms with Crippen LogP contribution in [0, 0.1) is 5.92 Å². The number of benzene rings is 1. The van der Waals surface area contributed by atoms with Gasteiger partial charge in [0.25, 0.3) is 0 Å². The molecule has 150 valence electrons. The van der Waals surface area contributed by atoms with Crippen LogP contribution in [0.3, 0.4) is 0 Å². The van der Waals surface area contributed by atoms with Gasteiger partial charge in [-0.2, -0.15) is 0 Å².